The van der Waals surface area contributed by atoms with Crippen molar-refractivity contribution in [2.75, 3.05) is 7.11 Å². The van der Waals surface area contributed by atoms with Gasteiger partial charge < -0.3 is 4.74 Å². The molecule has 0 heterocycles. The summed E-state index contributed by atoms with van der Waals surface area (Å²) in [5, 5.41) is 0. The summed E-state index contributed by atoms with van der Waals surface area (Å²) in [6.45, 7) is 0. The molecule has 0 spiro atoms. The minimum atomic E-state index is -0.0636. The quantitative estimate of drug-likeness (QED) is 0.729. The third-order valence-electron chi connectivity index (χ3n) is 5.94. The van der Waals surface area contributed by atoms with Crippen LogP contribution in [-0.2, 0) is 0 Å². The molecule has 21 heavy (non-hydrogen) atoms. The topological polar surface area (TPSA) is 26.3 Å². The number of carbonyl (C=O) groups excluding carboxylic acids is 1. The first-order valence-corrected chi connectivity index (χ1v) is 8.77. The predicted octanol–water partition coefficient (Wildman–Crippen LogP) is 4.86. The number of carbonyl (C=O) groups is 1. The molecular weight excluding hydrogens is 328 g/mol. The lowest BCUT2D eigenvalue weighted by Crippen LogP contribution is -2.50. The van der Waals surface area contributed by atoms with Crippen LogP contribution in [0.25, 0.3) is 0 Å². The minimum Gasteiger partial charge on any atom is -0.497 e. The summed E-state index contributed by atoms with van der Waals surface area (Å²) < 4.78 is 6.12. The fourth-order valence-corrected chi connectivity index (χ4v) is 6.02. The van der Waals surface area contributed by atoms with Crippen molar-refractivity contribution in [3.8, 4) is 5.75 Å². The van der Waals surface area contributed by atoms with Crippen molar-refractivity contribution in [2.45, 2.75) is 38.5 Å². The zero-order chi connectivity index (χ0) is 14.6. The van der Waals surface area contributed by atoms with Gasteiger partial charge in [-0.25, -0.2) is 0 Å². The second kappa shape index (κ2) is 4.84. The molecule has 2 nitrogen and oxygen atoms in total. The lowest BCUT2D eigenvalue weighted by Gasteiger charge is -2.56. The highest BCUT2D eigenvalue weighted by Gasteiger charge is 2.54. The van der Waals surface area contributed by atoms with Gasteiger partial charge in [0, 0.05) is 15.5 Å². The largest absolute Gasteiger partial charge is 0.497 e. The number of rotatable bonds is 3. The molecule has 4 saturated carbocycles. The van der Waals surface area contributed by atoms with Crippen molar-refractivity contribution in [1.29, 1.82) is 0 Å². The van der Waals surface area contributed by atoms with Crippen LogP contribution in [0.1, 0.15) is 48.9 Å². The summed E-state index contributed by atoms with van der Waals surface area (Å²) in [6, 6.07) is 5.75. The number of benzene rings is 1. The maximum Gasteiger partial charge on any atom is 0.170 e. The van der Waals surface area contributed by atoms with Gasteiger partial charge >= 0.3 is 0 Å². The Kier molecular flexibility index (Phi) is 3.18. The standard InChI is InChI=1S/C18H21BrO2/c1-21-14-2-3-15(16(19)7-14)17(20)18-8-11-4-12(9-18)6-13(5-11)10-18/h2-3,7,11-13H,4-6,8-10H2,1H3. The molecule has 4 bridgehead atoms. The molecule has 1 aromatic rings. The first-order chi connectivity index (χ1) is 10.1. The lowest BCUT2D eigenvalue weighted by atomic mass is 9.48. The molecule has 0 N–H and O–H groups in total. The summed E-state index contributed by atoms with van der Waals surface area (Å²) >= 11 is 3.57. The molecule has 0 unspecified atom stereocenters. The predicted molar refractivity (Wildman–Crippen MR) is 85.6 cm³/mol. The Morgan fingerprint density at radius 1 is 1.14 bits per heavy atom. The van der Waals surface area contributed by atoms with Gasteiger partial charge in [-0.2, -0.15) is 0 Å². The van der Waals surface area contributed by atoms with Crippen molar-refractivity contribution in [3.63, 3.8) is 0 Å². The van der Waals surface area contributed by atoms with Gasteiger partial charge in [0.15, 0.2) is 5.78 Å². The molecule has 3 heteroatoms. The Balaban J connectivity index is 1.68. The third kappa shape index (κ3) is 2.16. The van der Waals surface area contributed by atoms with Gasteiger partial charge in [0.05, 0.1) is 7.11 Å². The van der Waals surface area contributed by atoms with Crippen LogP contribution in [0, 0.1) is 23.2 Å². The molecule has 0 amide bonds. The van der Waals surface area contributed by atoms with Gasteiger partial charge in [-0.15, -0.1) is 0 Å². The maximum atomic E-state index is 13.2. The molecule has 0 saturated heterocycles. The van der Waals surface area contributed by atoms with Crippen LogP contribution >= 0.6 is 15.9 Å². The normalized spacial score (nSPS) is 36.8. The van der Waals surface area contributed by atoms with E-state index in [1.54, 1.807) is 7.11 Å². The summed E-state index contributed by atoms with van der Waals surface area (Å²) in [5.74, 6) is 3.58. The van der Waals surface area contributed by atoms with Gasteiger partial charge in [0.25, 0.3) is 0 Å². The van der Waals surface area contributed by atoms with E-state index in [0.717, 1.165) is 52.8 Å². The SMILES string of the molecule is COc1ccc(C(=O)C23CC4CC(CC(C4)C2)C3)c(Br)c1. The Morgan fingerprint density at radius 3 is 2.19 bits per heavy atom. The van der Waals surface area contributed by atoms with Crippen molar-refractivity contribution < 1.29 is 9.53 Å². The molecule has 0 atom stereocenters. The summed E-state index contributed by atoms with van der Waals surface area (Å²) in [6.07, 6.45) is 7.48. The first-order valence-electron chi connectivity index (χ1n) is 7.98. The monoisotopic (exact) mass is 348 g/mol. The summed E-state index contributed by atoms with van der Waals surface area (Å²) in [5.41, 5.74) is 0.782. The number of ketones is 1. The van der Waals surface area contributed by atoms with E-state index in [4.69, 9.17) is 4.74 Å². The molecule has 0 radical (unpaired) electrons. The summed E-state index contributed by atoms with van der Waals surface area (Å²) in [7, 11) is 1.66. The molecule has 4 aliphatic rings. The zero-order valence-corrected chi connectivity index (χ0v) is 14.0. The minimum absolute atomic E-state index is 0.0636. The van der Waals surface area contributed by atoms with Gasteiger partial charge in [0.2, 0.25) is 0 Å². The first kappa shape index (κ1) is 13.8. The second-order valence-corrected chi connectivity index (χ2v) is 8.23. The van der Waals surface area contributed by atoms with Crippen LogP contribution in [0.4, 0.5) is 0 Å². The van der Waals surface area contributed by atoms with E-state index in [9.17, 15) is 4.79 Å². The van der Waals surface area contributed by atoms with Crippen molar-refractivity contribution in [1.82, 2.24) is 0 Å². The Labute approximate surface area is 134 Å². The van der Waals surface area contributed by atoms with Crippen LogP contribution in [-0.4, -0.2) is 12.9 Å². The van der Waals surface area contributed by atoms with Crippen molar-refractivity contribution >= 4 is 21.7 Å². The number of methoxy groups -OCH3 is 1. The van der Waals surface area contributed by atoms with Crippen molar-refractivity contribution in [3.05, 3.63) is 28.2 Å². The van der Waals surface area contributed by atoms with Crippen LogP contribution < -0.4 is 4.74 Å². The number of hydrogen-bond donors (Lipinski definition) is 0. The maximum absolute atomic E-state index is 13.2. The van der Waals surface area contributed by atoms with Crippen LogP contribution in [0.15, 0.2) is 22.7 Å². The van der Waals surface area contributed by atoms with E-state index < -0.39 is 0 Å². The van der Waals surface area contributed by atoms with E-state index in [-0.39, 0.29) is 5.41 Å². The molecule has 4 fully saturated rings. The van der Waals surface area contributed by atoms with E-state index in [1.807, 2.05) is 18.2 Å². The lowest BCUT2D eigenvalue weighted by molar-refractivity contribution is -0.0353. The fraction of sp³-hybridized carbons (Fsp3) is 0.611. The molecule has 0 aliphatic heterocycles. The van der Waals surface area contributed by atoms with Gasteiger partial charge in [-0.05, 0) is 90.4 Å². The molecule has 112 valence electrons. The molecule has 1 aromatic carbocycles. The molecule has 0 aromatic heterocycles. The molecule has 5 rings (SSSR count). The Hall–Kier alpha value is -0.830. The number of halogens is 1. The smallest absolute Gasteiger partial charge is 0.170 e. The van der Waals surface area contributed by atoms with Crippen LogP contribution in [0.3, 0.4) is 0 Å². The van der Waals surface area contributed by atoms with Gasteiger partial charge in [-0.3, -0.25) is 4.79 Å². The molecular formula is C18H21BrO2. The van der Waals surface area contributed by atoms with E-state index in [1.165, 1.54) is 19.3 Å². The second-order valence-electron chi connectivity index (χ2n) is 7.37. The number of ether oxygens (including phenoxy) is 1. The zero-order valence-electron chi connectivity index (χ0n) is 12.4. The Morgan fingerprint density at radius 2 is 1.71 bits per heavy atom. The average molecular weight is 349 g/mol. The summed E-state index contributed by atoms with van der Waals surface area (Å²) in [4.78, 5) is 13.2. The average Bonchev–Trinajstić information content (AvgIpc) is 2.45. The highest BCUT2D eigenvalue weighted by molar-refractivity contribution is 9.10. The van der Waals surface area contributed by atoms with Gasteiger partial charge in [-0.1, -0.05) is 0 Å². The van der Waals surface area contributed by atoms with Gasteiger partial charge in [0.1, 0.15) is 5.75 Å². The molecule has 4 aliphatic carbocycles. The highest BCUT2D eigenvalue weighted by Crippen LogP contribution is 2.61. The fourth-order valence-electron chi connectivity index (χ4n) is 5.48. The number of hydrogen-bond acceptors (Lipinski definition) is 2. The van der Waals surface area contributed by atoms with E-state index in [0.29, 0.717) is 5.78 Å². The van der Waals surface area contributed by atoms with Crippen LogP contribution in [0.5, 0.6) is 5.75 Å². The Bertz CT molecular complexity index is 558. The highest BCUT2D eigenvalue weighted by atomic mass is 79.9. The van der Waals surface area contributed by atoms with Crippen molar-refractivity contribution in [2.24, 2.45) is 23.2 Å². The number of Topliss-reactive ketones (excluding diaryl/α,β-unsaturated/α-hetero) is 1. The third-order valence-corrected chi connectivity index (χ3v) is 6.60. The van der Waals surface area contributed by atoms with E-state index >= 15 is 0 Å². The van der Waals surface area contributed by atoms with Crippen LogP contribution in [0.2, 0.25) is 0 Å². The van der Waals surface area contributed by atoms with E-state index in [2.05, 4.69) is 15.9 Å².